The van der Waals surface area contributed by atoms with Crippen LogP contribution in [0.4, 0.5) is 15.8 Å². The van der Waals surface area contributed by atoms with Gasteiger partial charge in [-0.25, -0.2) is 9.07 Å². The number of carbonyl (C=O) groups excluding carboxylic acids is 1. The number of nitrogens with zero attached hydrogens (tertiary/aromatic N) is 3. The number of benzene rings is 2. The minimum absolute atomic E-state index is 0.260. The molecule has 0 saturated heterocycles. The molecule has 24 heavy (non-hydrogen) atoms. The summed E-state index contributed by atoms with van der Waals surface area (Å²) in [5, 5.41) is 6.99. The first kappa shape index (κ1) is 15.7. The lowest BCUT2D eigenvalue weighted by atomic mass is 10.2. The standard InChI is InChI=1S/C18H17FN4O/c1-22(2)15-8-6-14(7-9-15)20-18(24)17-10-11-23(21-17)16-5-3-4-13(19)12-16/h3-12H,1-2H3,(H,20,24). The molecule has 1 N–H and O–H groups in total. The van der Waals surface area contributed by atoms with Gasteiger partial charge in [0, 0.05) is 31.7 Å². The second-order valence-electron chi connectivity index (χ2n) is 5.52. The Morgan fingerprint density at radius 2 is 1.88 bits per heavy atom. The average molecular weight is 324 g/mol. The minimum atomic E-state index is -0.352. The molecule has 5 nitrogen and oxygen atoms in total. The van der Waals surface area contributed by atoms with Crippen molar-refractivity contribution in [3.05, 3.63) is 72.3 Å². The van der Waals surface area contributed by atoms with E-state index in [4.69, 9.17) is 0 Å². The van der Waals surface area contributed by atoms with Crippen molar-refractivity contribution in [2.75, 3.05) is 24.3 Å². The largest absolute Gasteiger partial charge is 0.378 e. The summed E-state index contributed by atoms with van der Waals surface area (Å²) in [6.45, 7) is 0. The Labute approximate surface area is 139 Å². The number of nitrogens with one attached hydrogen (secondary N) is 1. The molecule has 0 aliphatic carbocycles. The van der Waals surface area contributed by atoms with Gasteiger partial charge in [0.05, 0.1) is 5.69 Å². The van der Waals surface area contributed by atoms with Crippen LogP contribution >= 0.6 is 0 Å². The molecular weight excluding hydrogens is 307 g/mol. The second-order valence-corrected chi connectivity index (χ2v) is 5.52. The van der Waals surface area contributed by atoms with Gasteiger partial charge in [-0.1, -0.05) is 6.07 Å². The Balaban J connectivity index is 1.74. The molecule has 122 valence electrons. The van der Waals surface area contributed by atoms with Crippen molar-refractivity contribution in [3.63, 3.8) is 0 Å². The monoisotopic (exact) mass is 324 g/mol. The Bertz CT molecular complexity index is 855. The molecule has 0 unspecified atom stereocenters. The zero-order valence-electron chi connectivity index (χ0n) is 13.4. The summed E-state index contributed by atoms with van der Waals surface area (Å²) in [5.74, 6) is -0.669. The maximum atomic E-state index is 13.3. The first-order valence-corrected chi connectivity index (χ1v) is 7.43. The molecule has 0 atom stereocenters. The van der Waals surface area contributed by atoms with Crippen LogP contribution in [0.15, 0.2) is 60.8 Å². The van der Waals surface area contributed by atoms with Gasteiger partial charge in [0.2, 0.25) is 0 Å². The van der Waals surface area contributed by atoms with Crippen molar-refractivity contribution in [1.29, 1.82) is 0 Å². The molecule has 0 aliphatic heterocycles. The molecule has 0 fully saturated rings. The van der Waals surface area contributed by atoms with E-state index in [2.05, 4.69) is 10.4 Å². The van der Waals surface area contributed by atoms with Gasteiger partial charge in [-0.05, 0) is 48.5 Å². The fourth-order valence-electron chi connectivity index (χ4n) is 2.25. The fraction of sp³-hybridized carbons (Fsp3) is 0.111. The smallest absolute Gasteiger partial charge is 0.276 e. The number of anilines is 2. The molecule has 0 bridgehead atoms. The number of aromatic nitrogens is 2. The van der Waals surface area contributed by atoms with Gasteiger partial charge in [-0.2, -0.15) is 5.10 Å². The summed E-state index contributed by atoms with van der Waals surface area (Å²) in [4.78, 5) is 14.3. The van der Waals surface area contributed by atoms with Crippen molar-refractivity contribution in [1.82, 2.24) is 9.78 Å². The molecular formula is C18H17FN4O. The number of rotatable bonds is 4. The van der Waals surface area contributed by atoms with Crippen molar-refractivity contribution in [3.8, 4) is 5.69 Å². The summed E-state index contributed by atoms with van der Waals surface area (Å²) >= 11 is 0. The number of carbonyl (C=O) groups is 1. The highest BCUT2D eigenvalue weighted by molar-refractivity contribution is 6.02. The molecule has 3 rings (SSSR count). The third-order valence-corrected chi connectivity index (χ3v) is 3.54. The van der Waals surface area contributed by atoms with Crippen LogP contribution in [0.2, 0.25) is 0 Å². The zero-order valence-corrected chi connectivity index (χ0v) is 13.4. The lowest BCUT2D eigenvalue weighted by Gasteiger charge is -2.12. The normalized spacial score (nSPS) is 10.5. The van der Waals surface area contributed by atoms with E-state index in [1.54, 1.807) is 24.4 Å². The van der Waals surface area contributed by atoms with Crippen molar-refractivity contribution < 1.29 is 9.18 Å². The van der Waals surface area contributed by atoms with Gasteiger partial charge >= 0.3 is 0 Å². The molecule has 2 aromatic carbocycles. The van der Waals surface area contributed by atoms with E-state index >= 15 is 0 Å². The van der Waals surface area contributed by atoms with Crippen LogP contribution in [0.1, 0.15) is 10.5 Å². The Morgan fingerprint density at radius 3 is 2.54 bits per heavy atom. The molecule has 0 radical (unpaired) electrons. The summed E-state index contributed by atoms with van der Waals surface area (Å²) in [6, 6.07) is 15.1. The predicted molar refractivity (Wildman–Crippen MR) is 92.2 cm³/mol. The summed E-state index contributed by atoms with van der Waals surface area (Å²) < 4.78 is 14.7. The van der Waals surface area contributed by atoms with Gasteiger partial charge in [0.1, 0.15) is 5.82 Å². The van der Waals surface area contributed by atoms with Crippen molar-refractivity contribution in [2.24, 2.45) is 0 Å². The van der Waals surface area contributed by atoms with Gasteiger partial charge in [-0.3, -0.25) is 4.79 Å². The molecule has 1 heterocycles. The van der Waals surface area contributed by atoms with Crippen LogP contribution in [0.5, 0.6) is 0 Å². The van der Waals surface area contributed by atoms with Crippen LogP contribution in [-0.2, 0) is 0 Å². The number of hydrogen-bond acceptors (Lipinski definition) is 3. The molecule has 1 amide bonds. The molecule has 3 aromatic rings. The maximum Gasteiger partial charge on any atom is 0.276 e. The average Bonchev–Trinajstić information content (AvgIpc) is 3.05. The van der Waals surface area contributed by atoms with Gasteiger partial charge in [0.25, 0.3) is 5.91 Å². The van der Waals surface area contributed by atoms with E-state index in [0.717, 1.165) is 5.69 Å². The summed E-state index contributed by atoms with van der Waals surface area (Å²) in [5.41, 5.74) is 2.55. The fourth-order valence-corrected chi connectivity index (χ4v) is 2.25. The lowest BCUT2D eigenvalue weighted by molar-refractivity contribution is 0.102. The van der Waals surface area contributed by atoms with E-state index < -0.39 is 0 Å². The Morgan fingerprint density at radius 1 is 1.12 bits per heavy atom. The number of amides is 1. The topological polar surface area (TPSA) is 50.2 Å². The van der Waals surface area contributed by atoms with E-state index in [-0.39, 0.29) is 17.4 Å². The van der Waals surface area contributed by atoms with E-state index in [9.17, 15) is 9.18 Å². The highest BCUT2D eigenvalue weighted by Crippen LogP contribution is 2.16. The summed E-state index contributed by atoms with van der Waals surface area (Å²) in [6.07, 6.45) is 1.62. The minimum Gasteiger partial charge on any atom is -0.378 e. The first-order valence-electron chi connectivity index (χ1n) is 7.43. The third-order valence-electron chi connectivity index (χ3n) is 3.54. The SMILES string of the molecule is CN(C)c1ccc(NC(=O)c2ccn(-c3cccc(F)c3)n2)cc1. The lowest BCUT2D eigenvalue weighted by Crippen LogP contribution is -2.13. The molecule has 6 heteroatoms. The summed E-state index contributed by atoms with van der Waals surface area (Å²) in [7, 11) is 3.90. The van der Waals surface area contributed by atoms with E-state index in [1.807, 2.05) is 43.3 Å². The Kier molecular flexibility index (Phi) is 4.29. The molecule has 1 aromatic heterocycles. The van der Waals surface area contributed by atoms with Crippen LogP contribution in [0, 0.1) is 5.82 Å². The van der Waals surface area contributed by atoms with Gasteiger partial charge in [-0.15, -0.1) is 0 Å². The van der Waals surface area contributed by atoms with Gasteiger partial charge in [0.15, 0.2) is 5.69 Å². The van der Waals surface area contributed by atoms with Crippen LogP contribution in [-0.4, -0.2) is 29.8 Å². The van der Waals surface area contributed by atoms with Crippen molar-refractivity contribution >= 4 is 17.3 Å². The van der Waals surface area contributed by atoms with E-state index in [1.165, 1.54) is 16.8 Å². The molecule has 0 saturated carbocycles. The highest BCUT2D eigenvalue weighted by Gasteiger charge is 2.11. The van der Waals surface area contributed by atoms with Crippen LogP contribution in [0.3, 0.4) is 0 Å². The first-order chi connectivity index (χ1) is 11.5. The van der Waals surface area contributed by atoms with Gasteiger partial charge < -0.3 is 10.2 Å². The molecule has 0 spiro atoms. The quantitative estimate of drug-likeness (QED) is 0.801. The highest BCUT2D eigenvalue weighted by atomic mass is 19.1. The number of halogens is 1. The van der Waals surface area contributed by atoms with Crippen molar-refractivity contribution in [2.45, 2.75) is 0 Å². The van der Waals surface area contributed by atoms with Crippen LogP contribution in [0.25, 0.3) is 5.69 Å². The third kappa shape index (κ3) is 3.43. The second kappa shape index (κ2) is 6.54. The zero-order chi connectivity index (χ0) is 17.1. The van der Waals surface area contributed by atoms with E-state index in [0.29, 0.717) is 11.4 Å². The predicted octanol–water partition coefficient (Wildman–Crippen LogP) is 3.33. The number of hydrogen-bond donors (Lipinski definition) is 1. The molecule has 0 aliphatic rings. The maximum absolute atomic E-state index is 13.3. The Hall–Kier alpha value is -3.15. The van der Waals surface area contributed by atoms with Crippen LogP contribution < -0.4 is 10.2 Å².